The Kier molecular flexibility index (Phi) is 6.20. The summed E-state index contributed by atoms with van der Waals surface area (Å²) in [5, 5.41) is 0. The van der Waals surface area contributed by atoms with Crippen LogP contribution in [0.5, 0.6) is 17.2 Å². The van der Waals surface area contributed by atoms with Gasteiger partial charge in [0.1, 0.15) is 19.0 Å². The summed E-state index contributed by atoms with van der Waals surface area (Å²) >= 11 is 0. The summed E-state index contributed by atoms with van der Waals surface area (Å²) in [4.78, 5) is 17.1. The summed E-state index contributed by atoms with van der Waals surface area (Å²) < 4.78 is 16.5. The smallest absolute Gasteiger partial charge is 0.227 e. The lowest BCUT2D eigenvalue weighted by Crippen LogP contribution is -2.49. The van der Waals surface area contributed by atoms with E-state index < -0.39 is 0 Å². The van der Waals surface area contributed by atoms with Crippen molar-refractivity contribution in [2.24, 2.45) is 0 Å². The van der Waals surface area contributed by atoms with E-state index >= 15 is 0 Å². The van der Waals surface area contributed by atoms with Gasteiger partial charge in [0.05, 0.1) is 13.5 Å². The third kappa shape index (κ3) is 5.01. The van der Waals surface area contributed by atoms with Gasteiger partial charge in [0.25, 0.3) is 0 Å². The number of nitrogens with zero attached hydrogens (tertiary/aromatic N) is 2. The molecule has 0 spiro atoms. The van der Waals surface area contributed by atoms with Gasteiger partial charge < -0.3 is 19.1 Å². The predicted molar refractivity (Wildman–Crippen MR) is 111 cm³/mol. The highest BCUT2D eigenvalue weighted by molar-refractivity contribution is 5.79. The second kappa shape index (κ2) is 9.18. The first-order valence-electron chi connectivity index (χ1n) is 10.2. The van der Waals surface area contributed by atoms with Crippen LogP contribution in [0.2, 0.25) is 0 Å². The van der Waals surface area contributed by atoms with E-state index in [0.29, 0.717) is 19.6 Å². The van der Waals surface area contributed by atoms with Crippen molar-refractivity contribution in [3.05, 3.63) is 53.6 Å². The van der Waals surface area contributed by atoms with Crippen LogP contribution in [0.3, 0.4) is 0 Å². The molecule has 2 heterocycles. The van der Waals surface area contributed by atoms with Gasteiger partial charge in [-0.2, -0.15) is 0 Å². The summed E-state index contributed by atoms with van der Waals surface area (Å²) in [5.74, 6) is 2.58. The van der Waals surface area contributed by atoms with Crippen LogP contribution >= 0.6 is 0 Å². The van der Waals surface area contributed by atoms with E-state index in [1.54, 1.807) is 7.11 Å². The maximum Gasteiger partial charge on any atom is 0.227 e. The van der Waals surface area contributed by atoms with Crippen molar-refractivity contribution in [1.82, 2.24) is 9.80 Å². The Morgan fingerprint density at radius 1 is 0.966 bits per heavy atom. The van der Waals surface area contributed by atoms with Gasteiger partial charge in [0.15, 0.2) is 11.5 Å². The molecule has 6 heteroatoms. The number of hydrogen-bond acceptors (Lipinski definition) is 5. The van der Waals surface area contributed by atoms with Crippen LogP contribution in [0.15, 0.2) is 42.5 Å². The first-order valence-corrected chi connectivity index (χ1v) is 10.2. The summed E-state index contributed by atoms with van der Waals surface area (Å²) in [6.45, 7) is 5.52. The zero-order valence-corrected chi connectivity index (χ0v) is 16.9. The predicted octanol–water partition coefficient (Wildman–Crippen LogP) is 2.40. The van der Waals surface area contributed by atoms with Crippen LogP contribution < -0.4 is 14.2 Å². The molecule has 0 atom stereocenters. The molecule has 0 saturated carbocycles. The van der Waals surface area contributed by atoms with Gasteiger partial charge in [-0.05, 0) is 41.8 Å². The topological polar surface area (TPSA) is 51.2 Å². The van der Waals surface area contributed by atoms with Crippen LogP contribution in [0, 0.1) is 0 Å². The minimum absolute atomic E-state index is 0.175. The van der Waals surface area contributed by atoms with Gasteiger partial charge in [-0.15, -0.1) is 0 Å². The molecule has 0 N–H and O–H groups in total. The Hall–Kier alpha value is -2.73. The first kappa shape index (κ1) is 19.6. The number of carbonyl (C=O) groups excluding carboxylic acids is 1. The van der Waals surface area contributed by atoms with Crippen LogP contribution in [0.25, 0.3) is 0 Å². The molecule has 6 nitrogen and oxygen atoms in total. The highest BCUT2D eigenvalue weighted by atomic mass is 16.6. The molecule has 0 aromatic heterocycles. The zero-order valence-electron chi connectivity index (χ0n) is 16.9. The Balaban J connectivity index is 1.24. The van der Waals surface area contributed by atoms with Crippen molar-refractivity contribution in [2.75, 3.05) is 53.0 Å². The number of ether oxygens (including phenoxy) is 3. The average Bonchev–Trinajstić information content (AvgIpc) is 2.78. The monoisotopic (exact) mass is 396 g/mol. The number of amides is 1. The number of hydrogen-bond donors (Lipinski definition) is 0. The minimum Gasteiger partial charge on any atom is -0.497 e. The van der Waals surface area contributed by atoms with E-state index in [2.05, 4.69) is 17.0 Å². The summed E-state index contributed by atoms with van der Waals surface area (Å²) in [6, 6.07) is 14.0. The fourth-order valence-corrected chi connectivity index (χ4v) is 3.82. The second-order valence-corrected chi connectivity index (χ2v) is 7.48. The normalized spacial score (nSPS) is 16.5. The molecule has 154 valence electrons. The van der Waals surface area contributed by atoms with E-state index in [9.17, 15) is 4.79 Å². The van der Waals surface area contributed by atoms with Gasteiger partial charge in [-0.25, -0.2) is 0 Å². The number of fused-ring (bicyclic) bond motifs is 1. The largest absolute Gasteiger partial charge is 0.497 e. The number of carbonyl (C=O) groups is 1. The van der Waals surface area contributed by atoms with Crippen molar-refractivity contribution in [3.63, 3.8) is 0 Å². The van der Waals surface area contributed by atoms with Crippen molar-refractivity contribution in [3.8, 4) is 17.2 Å². The number of benzene rings is 2. The molecular formula is C23H28N2O4. The Labute approximate surface area is 172 Å². The third-order valence-corrected chi connectivity index (χ3v) is 5.54. The lowest BCUT2D eigenvalue weighted by atomic mass is 10.1. The molecule has 29 heavy (non-hydrogen) atoms. The molecule has 2 aromatic carbocycles. The second-order valence-electron chi connectivity index (χ2n) is 7.48. The van der Waals surface area contributed by atoms with Crippen molar-refractivity contribution in [1.29, 1.82) is 0 Å². The van der Waals surface area contributed by atoms with Crippen LogP contribution in [0.1, 0.15) is 11.1 Å². The number of methoxy groups -OCH3 is 1. The summed E-state index contributed by atoms with van der Waals surface area (Å²) in [7, 11) is 1.69. The highest BCUT2D eigenvalue weighted by Crippen LogP contribution is 2.31. The average molecular weight is 396 g/mol. The molecule has 1 amide bonds. The van der Waals surface area contributed by atoms with Gasteiger partial charge in [0, 0.05) is 32.7 Å². The number of piperazine rings is 1. The Morgan fingerprint density at radius 3 is 2.55 bits per heavy atom. The van der Waals surface area contributed by atoms with Crippen molar-refractivity contribution in [2.45, 2.75) is 12.8 Å². The lowest BCUT2D eigenvalue weighted by molar-refractivity contribution is -0.132. The van der Waals surface area contributed by atoms with E-state index in [1.165, 1.54) is 5.56 Å². The SMILES string of the molecule is COc1cccc(CCN2CCN(C(=O)Cc3ccc4c(c3)OCCO4)CC2)c1. The first-order chi connectivity index (χ1) is 14.2. The van der Waals surface area contributed by atoms with E-state index in [4.69, 9.17) is 14.2 Å². The van der Waals surface area contributed by atoms with Crippen LogP contribution in [0.4, 0.5) is 0 Å². The molecule has 2 aliphatic heterocycles. The summed E-state index contributed by atoms with van der Waals surface area (Å²) in [5.41, 5.74) is 2.25. The standard InChI is InChI=1S/C23H28N2O4/c1-27-20-4-2-3-18(15-20)7-8-24-9-11-25(12-10-24)23(26)17-19-5-6-21-22(16-19)29-14-13-28-21/h2-6,15-16H,7-14,17H2,1H3. The van der Waals surface area contributed by atoms with Crippen molar-refractivity contribution >= 4 is 5.91 Å². The molecule has 0 aliphatic carbocycles. The van der Waals surface area contributed by atoms with Gasteiger partial charge >= 0.3 is 0 Å². The molecule has 0 unspecified atom stereocenters. The maximum atomic E-state index is 12.7. The quantitative estimate of drug-likeness (QED) is 0.751. The lowest BCUT2D eigenvalue weighted by Gasteiger charge is -2.35. The van der Waals surface area contributed by atoms with E-state index in [-0.39, 0.29) is 5.91 Å². The van der Waals surface area contributed by atoms with Gasteiger partial charge in [0.2, 0.25) is 5.91 Å². The van der Waals surface area contributed by atoms with Gasteiger partial charge in [-0.3, -0.25) is 9.69 Å². The third-order valence-electron chi connectivity index (χ3n) is 5.54. The Morgan fingerprint density at radius 2 is 1.76 bits per heavy atom. The van der Waals surface area contributed by atoms with Crippen LogP contribution in [-0.4, -0.2) is 68.8 Å². The zero-order chi connectivity index (χ0) is 20.1. The Bertz CT molecular complexity index is 847. The fraction of sp³-hybridized carbons (Fsp3) is 0.435. The molecule has 0 radical (unpaired) electrons. The fourth-order valence-electron chi connectivity index (χ4n) is 3.82. The summed E-state index contributed by atoms with van der Waals surface area (Å²) in [6.07, 6.45) is 1.39. The van der Waals surface area contributed by atoms with Gasteiger partial charge in [-0.1, -0.05) is 18.2 Å². The molecule has 1 fully saturated rings. The highest BCUT2D eigenvalue weighted by Gasteiger charge is 2.22. The molecule has 2 aliphatic rings. The van der Waals surface area contributed by atoms with E-state index in [1.807, 2.05) is 35.2 Å². The van der Waals surface area contributed by atoms with Crippen LogP contribution in [-0.2, 0) is 17.6 Å². The maximum absolute atomic E-state index is 12.7. The molecular weight excluding hydrogens is 368 g/mol. The molecule has 4 rings (SSSR count). The molecule has 1 saturated heterocycles. The number of rotatable bonds is 6. The minimum atomic E-state index is 0.175. The molecule has 2 aromatic rings. The van der Waals surface area contributed by atoms with Crippen molar-refractivity contribution < 1.29 is 19.0 Å². The molecule has 0 bridgehead atoms. The van der Waals surface area contributed by atoms with E-state index in [0.717, 1.165) is 62.0 Å².